The lowest BCUT2D eigenvalue weighted by molar-refractivity contribution is -0.122. The maximum absolute atomic E-state index is 11.3. The molecule has 0 radical (unpaired) electrons. The van der Waals surface area contributed by atoms with E-state index in [0.717, 1.165) is 6.42 Å². The lowest BCUT2D eigenvalue weighted by atomic mass is 10.0. The van der Waals surface area contributed by atoms with Gasteiger partial charge in [-0.1, -0.05) is 19.9 Å². The van der Waals surface area contributed by atoms with Crippen LogP contribution in [0.5, 0.6) is 0 Å². The Morgan fingerprint density at radius 2 is 2.21 bits per heavy atom. The molecule has 1 amide bonds. The third-order valence-electron chi connectivity index (χ3n) is 1.92. The van der Waals surface area contributed by atoms with Gasteiger partial charge in [-0.15, -0.1) is 6.58 Å². The average molecular weight is 199 g/mol. The molecule has 14 heavy (non-hydrogen) atoms. The molecule has 1 unspecified atom stereocenters. The summed E-state index contributed by atoms with van der Waals surface area (Å²) in [5, 5.41) is 11.8. The first-order valence-electron chi connectivity index (χ1n) is 5.11. The number of hydrogen-bond acceptors (Lipinski definition) is 2. The highest BCUT2D eigenvalue weighted by molar-refractivity contribution is 5.76. The lowest BCUT2D eigenvalue weighted by Crippen LogP contribution is -2.38. The van der Waals surface area contributed by atoms with E-state index in [1.165, 1.54) is 0 Å². The Morgan fingerprint density at radius 3 is 2.64 bits per heavy atom. The Labute approximate surface area is 86.2 Å². The van der Waals surface area contributed by atoms with Gasteiger partial charge in [-0.3, -0.25) is 4.79 Å². The third kappa shape index (κ3) is 6.66. The number of amides is 1. The van der Waals surface area contributed by atoms with Gasteiger partial charge in [-0.25, -0.2) is 0 Å². The van der Waals surface area contributed by atoms with E-state index in [4.69, 9.17) is 5.11 Å². The number of allylic oxidation sites excluding steroid dienone is 1. The van der Waals surface area contributed by atoms with Gasteiger partial charge in [0.2, 0.25) is 5.91 Å². The van der Waals surface area contributed by atoms with E-state index in [0.29, 0.717) is 18.8 Å². The molecule has 3 nitrogen and oxygen atoms in total. The number of carbonyl (C=O) groups excluding carboxylic acids is 1. The maximum atomic E-state index is 11.3. The molecule has 0 aliphatic heterocycles. The van der Waals surface area contributed by atoms with Gasteiger partial charge in [0.05, 0.1) is 12.6 Å². The van der Waals surface area contributed by atoms with E-state index < -0.39 is 0 Å². The van der Waals surface area contributed by atoms with Crippen LogP contribution in [0.3, 0.4) is 0 Å². The van der Waals surface area contributed by atoms with Gasteiger partial charge in [0, 0.05) is 6.42 Å². The van der Waals surface area contributed by atoms with Crippen molar-refractivity contribution in [2.45, 2.75) is 39.2 Å². The topological polar surface area (TPSA) is 49.3 Å². The Morgan fingerprint density at radius 1 is 1.57 bits per heavy atom. The Balaban J connectivity index is 3.79. The molecular formula is C11H21NO2. The summed E-state index contributed by atoms with van der Waals surface area (Å²) in [6.07, 6.45) is 3.68. The fourth-order valence-electron chi connectivity index (χ4n) is 1.28. The fraction of sp³-hybridized carbons (Fsp3) is 0.727. The molecule has 0 fully saturated rings. The second-order valence-electron chi connectivity index (χ2n) is 3.90. The molecule has 82 valence electrons. The molecule has 3 heteroatoms. The molecule has 0 saturated carbocycles. The molecule has 0 spiro atoms. The van der Waals surface area contributed by atoms with Crippen molar-refractivity contribution < 1.29 is 9.90 Å². The van der Waals surface area contributed by atoms with Gasteiger partial charge in [-0.05, 0) is 18.8 Å². The molecule has 0 bridgehead atoms. The monoisotopic (exact) mass is 199 g/mol. The summed E-state index contributed by atoms with van der Waals surface area (Å²) in [4.78, 5) is 11.3. The number of hydrogen-bond donors (Lipinski definition) is 2. The van der Waals surface area contributed by atoms with Crippen LogP contribution in [0.15, 0.2) is 12.7 Å². The minimum Gasteiger partial charge on any atom is -0.394 e. The van der Waals surface area contributed by atoms with Crippen molar-refractivity contribution >= 4 is 5.91 Å². The smallest absolute Gasteiger partial charge is 0.220 e. The van der Waals surface area contributed by atoms with E-state index in [-0.39, 0.29) is 18.6 Å². The van der Waals surface area contributed by atoms with Gasteiger partial charge < -0.3 is 10.4 Å². The molecule has 0 aliphatic carbocycles. The summed E-state index contributed by atoms with van der Waals surface area (Å²) in [5.41, 5.74) is 0. The standard InChI is InChI=1S/C11H21NO2/c1-4-5-6-11(14)12-10(8-13)7-9(2)3/h4,9-10,13H,1,5-8H2,2-3H3,(H,12,14). The van der Waals surface area contributed by atoms with Crippen LogP contribution >= 0.6 is 0 Å². The second-order valence-corrected chi connectivity index (χ2v) is 3.90. The van der Waals surface area contributed by atoms with Crippen LogP contribution in [0.25, 0.3) is 0 Å². The molecule has 2 N–H and O–H groups in total. The molecular weight excluding hydrogens is 178 g/mol. The van der Waals surface area contributed by atoms with Gasteiger partial charge in [0.25, 0.3) is 0 Å². The van der Waals surface area contributed by atoms with Crippen LogP contribution in [0.4, 0.5) is 0 Å². The van der Waals surface area contributed by atoms with Crippen molar-refractivity contribution in [2.75, 3.05) is 6.61 Å². The van der Waals surface area contributed by atoms with Crippen molar-refractivity contribution in [1.82, 2.24) is 5.32 Å². The predicted molar refractivity (Wildman–Crippen MR) is 57.9 cm³/mol. The van der Waals surface area contributed by atoms with E-state index in [9.17, 15) is 4.79 Å². The normalized spacial score (nSPS) is 12.6. The van der Waals surface area contributed by atoms with Crippen LogP contribution in [-0.4, -0.2) is 23.7 Å². The minimum atomic E-state index is -0.104. The number of rotatable bonds is 7. The number of aliphatic hydroxyl groups excluding tert-OH is 1. The van der Waals surface area contributed by atoms with Crippen LogP contribution in [0.2, 0.25) is 0 Å². The molecule has 0 aromatic rings. The summed E-state index contributed by atoms with van der Waals surface area (Å²) in [6.45, 7) is 7.70. The summed E-state index contributed by atoms with van der Waals surface area (Å²) in [7, 11) is 0. The fourth-order valence-corrected chi connectivity index (χ4v) is 1.28. The van der Waals surface area contributed by atoms with Crippen LogP contribution in [0, 0.1) is 5.92 Å². The second kappa shape index (κ2) is 7.56. The average Bonchev–Trinajstić information content (AvgIpc) is 2.12. The van der Waals surface area contributed by atoms with E-state index >= 15 is 0 Å². The first-order chi connectivity index (χ1) is 6.60. The minimum absolute atomic E-state index is 0.00963. The van der Waals surface area contributed by atoms with Gasteiger partial charge in [0.15, 0.2) is 0 Å². The summed E-state index contributed by atoms with van der Waals surface area (Å²) >= 11 is 0. The summed E-state index contributed by atoms with van der Waals surface area (Å²) < 4.78 is 0. The highest BCUT2D eigenvalue weighted by atomic mass is 16.3. The Hall–Kier alpha value is -0.830. The van der Waals surface area contributed by atoms with Crippen molar-refractivity contribution in [3.8, 4) is 0 Å². The van der Waals surface area contributed by atoms with E-state index in [2.05, 4.69) is 25.7 Å². The van der Waals surface area contributed by atoms with Crippen molar-refractivity contribution in [1.29, 1.82) is 0 Å². The van der Waals surface area contributed by atoms with Crippen molar-refractivity contribution in [3.05, 3.63) is 12.7 Å². The number of carbonyl (C=O) groups is 1. The molecule has 1 atom stereocenters. The van der Waals surface area contributed by atoms with Gasteiger partial charge >= 0.3 is 0 Å². The van der Waals surface area contributed by atoms with Crippen LogP contribution < -0.4 is 5.32 Å². The largest absolute Gasteiger partial charge is 0.394 e. The van der Waals surface area contributed by atoms with Crippen LogP contribution in [-0.2, 0) is 4.79 Å². The predicted octanol–water partition coefficient (Wildman–Crippen LogP) is 1.48. The number of aliphatic hydroxyl groups is 1. The molecule has 0 saturated heterocycles. The zero-order valence-electron chi connectivity index (χ0n) is 9.12. The lowest BCUT2D eigenvalue weighted by Gasteiger charge is -2.17. The van der Waals surface area contributed by atoms with E-state index in [1.54, 1.807) is 6.08 Å². The molecule has 0 heterocycles. The SMILES string of the molecule is C=CCCC(=O)NC(CO)CC(C)C. The van der Waals surface area contributed by atoms with E-state index in [1.807, 2.05) is 0 Å². The van der Waals surface area contributed by atoms with Gasteiger partial charge in [0.1, 0.15) is 0 Å². The molecule has 0 aromatic heterocycles. The molecule has 0 aromatic carbocycles. The zero-order chi connectivity index (χ0) is 11.0. The van der Waals surface area contributed by atoms with Crippen molar-refractivity contribution in [3.63, 3.8) is 0 Å². The highest BCUT2D eigenvalue weighted by Gasteiger charge is 2.11. The Bertz CT molecular complexity index is 178. The highest BCUT2D eigenvalue weighted by Crippen LogP contribution is 2.04. The summed E-state index contributed by atoms with van der Waals surface area (Å²) in [6, 6.07) is -0.104. The quantitative estimate of drug-likeness (QED) is 0.610. The molecule has 0 aliphatic rings. The third-order valence-corrected chi connectivity index (χ3v) is 1.92. The zero-order valence-corrected chi connectivity index (χ0v) is 9.12. The van der Waals surface area contributed by atoms with Crippen molar-refractivity contribution in [2.24, 2.45) is 5.92 Å². The molecule has 0 rings (SSSR count). The first kappa shape index (κ1) is 13.2. The van der Waals surface area contributed by atoms with Crippen LogP contribution in [0.1, 0.15) is 33.1 Å². The maximum Gasteiger partial charge on any atom is 0.220 e. The first-order valence-corrected chi connectivity index (χ1v) is 5.11. The summed E-state index contributed by atoms with van der Waals surface area (Å²) in [5.74, 6) is 0.469. The van der Waals surface area contributed by atoms with Gasteiger partial charge in [-0.2, -0.15) is 0 Å². The number of nitrogens with one attached hydrogen (secondary N) is 1. The Kier molecular flexibility index (Phi) is 7.11.